The third-order valence-corrected chi connectivity index (χ3v) is 4.38. The van der Waals surface area contributed by atoms with E-state index in [1.165, 1.54) is 0 Å². The van der Waals surface area contributed by atoms with E-state index in [4.69, 9.17) is 4.74 Å². The number of aromatic nitrogens is 1. The summed E-state index contributed by atoms with van der Waals surface area (Å²) < 4.78 is 5.56. The fourth-order valence-corrected chi connectivity index (χ4v) is 2.99. The maximum atomic E-state index is 12.1. The number of ether oxygens (including phenoxy) is 1. The molecule has 1 aromatic heterocycles. The number of amides is 1. The molecule has 1 saturated heterocycles. The smallest absolute Gasteiger partial charge is 0.234 e. The van der Waals surface area contributed by atoms with Crippen LogP contribution in [0.3, 0.4) is 0 Å². The summed E-state index contributed by atoms with van der Waals surface area (Å²) in [5.74, 6) is 1.52. The Morgan fingerprint density at radius 2 is 1.93 bits per heavy atom. The Hall–Kier alpha value is -3.11. The first-order chi connectivity index (χ1) is 13.3. The molecule has 0 saturated carbocycles. The van der Waals surface area contributed by atoms with Crippen molar-refractivity contribution in [2.75, 3.05) is 50.8 Å². The number of nitrogens with zero attached hydrogens (tertiary/aromatic N) is 4. The van der Waals surface area contributed by atoms with Gasteiger partial charge in [-0.25, -0.2) is 4.98 Å². The second kappa shape index (κ2) is 9.55. The van der Waals surface area contributed by atoms with Crippen molar-refractivity contribution >= 4 is 11.7 Å². The second-order valence-corrected chi connectivity index (χ2v) is 6.26. The molecule has 0 aliphatic carbocycles. The van der Waals surface area contributed by atoms with Gasteiger partial charge >= 0.3 is 0 Å². The van der Waals surface area contributed by atoms with E-state index in [1.54, 1.807) is 18.3 Å². The van der Waals surface area contributed by atoms with Crippen molar-refractivity contribution in [3.05, 3.63) is 54.2 Å². The highest BCUT2D eigenvalue weighted by molar-refractivity contribution is 5.78. The SMILES string of the molecule is N#Cc1cccnc1N1CCN(CC(=O)NCCOc2ccccc2)CC1. The third-order valence-electron chi connectivity index (χ3n) is 4.38. The first-order valence-corrected chi connectivity index (χ1v) is 9.03. The standard InChI is InChI=1S/C20H23N5O2/c21-15-17-5-4-8-23-20(17)25-12-10-24(11-13-25)16-19(26)22-9-14-27-18-6-2-1-3-7-18/h1-8H,9-14,16H2,(H,22,26). The van der Waals surface area contributed by atoms with Crippen molar-refractivity contribution in [1.29, 1.82) is 5.26 Å². The number of nitriles is 1. The van der Waals surface area contributed by atoms with Crippen LogP contribution in [-0.4, -0.2) is 61.7 Å². The molecule has 0 bridgehead atoms. The van der Waals surface area contributed by atoms with Gasteiger partial charge in [0.2, 0.25) is 5.91 Å². The summed E-state index contributed by atoms with van der Waals surface area (Å²) in [5.41, 5.74) is 0.585. The monoisotopic (exact) mass is 365 g/mol. The molecule has 7 heteroatoms. The van der Waals surface area contributed by atoms with Crippen molar-refractivity contribution in [2.45, 2.75) is 0 Å². The zero-order valence-electron chi connectivity index (χ0n) is 15.2. The average molecular weight is 365 g/mol. The summed E-state index contributed by atoms with van der Waals surface area (Å²) in [6.07, 6.45) is 1.70. The number of nitrogens with one attached hydrogen (secondary N) is 1. The molecule has 2 aromatic rings. The van der Waals surface area contributed by atoms with Gasteiger partial charge in [0.15, 0.2) is 0 Å². The zero-order chi connectivity index (χ0) is 18.9. The lowest BCUT2D eigenvalue weighted by Gasteiger charge is -2.35. The van der Waals surface area contributed by atoms with Gasteiger partial charge in [-0.1, -0.05) is 18.2 Å². The maximum Gasteiger partial charge on any atom is 0.234 e. The molecular formula is C20H23N5O2. The summed E-state index contributed by atoms with van der Waals surface area (Å²) in [6, 6.07) is 15.3. The van der Waals surface area contributed by atoms with Gasteiger partial charge in [-0.15, -0.1) is 0 Å². The molecule has 7 nitrogen and oxygen atoms in total. The minimum atomic E-state index is -0.00402. The summed E-state index contributed by atoms with van der Waals surface area (Å²) >= 11 is 0. The fraction of sp³-hybridized carbons (Fsp3) is 0.350. The van der Waals surface area contributed by atoms with Crippen LogP contribution in [-0.2, 0) is 4.79 Å². The number of carbonyl (C=O) groups is 1. The van der Waals surface area contributed by atoms with E-state index in [2.05, 4.69) is 26.2 Å². The largest absolute Gasteiger partial charge is 0.492 e. The lowest BCUT2D eigenvalue weighted by Crippen LogP contribution is -2.50. The molecule has 3 rings (SSSR count). The lowest BCUT2D eigenvalue weighted by atomic mass is 10.2. The Labute approximate surface area is 159 Å². The van der Waals surface area contributed by atoms with Gasteiger partial charge in [0, 0.05) is 32.4 Å². The normalized spacial score (nSPS) is 14.4. The highest BCUT2D eigenvalue weighted by Crippen LogP contribution is 2.17. The summed E-state index contributed by atoms with van der Waals surface area (Å²) in [5, 5.41) is 12.1. The van der Waals surface area contributed by atoms with Gasteiger partial charge in [0.05, 0.1) is 18.7 Å². The molecule has 0 radical (unpaired) electrons. The number of carbonyl (C=O) groups excluding carboxylic acids is 1. The number of hydrogen-bond acceptors (Lipinski definition) is 6. The molecular weight excluding hydrogens is 342 g/mol. The van der Waals surface area contributed by atoms with Crippen LogP contribution in [0.4, 0.5) is 5.82 Å². The molecule has 1 aliphatic rings. The van der Waals surface area contributed by atoms with Crippen molar-refractivity contribution in [3.8, 4) is 11.8 Å². The molecule has 0 unspecified atom stereocenters. The van der Waals surface area contributed by atoms with Gasteiger partial charge in [0.1, 0.15) is 24.2 Å². The van der Waals surface area contributed by atoms with Gasteiger partial charge in [-0.05, 0) is 24.3 Å². The lowest BCUT2D eigenvalue weighted by molar-refractivity contribution is -0.122. The molecule has 1 fully saturated rings. The van der Waals surface area contributed by atoms with Gasteiger partial charge in [-0.2, -0.15) is 5.26 Å². The van der Waals surface area contributed by atoms with E-state index in [0.29, 0.717) is 25.3 Å². The molecule has 140 valence electrons. The van der Waals surface area contributed by atoms with Crippen LogP contribution in [0.5, 0.6) is 5.75 Å². The van der Waals surface area contributed by atoms with Gasteiger partial charge in [-0.3, -0.25) is 9.69 Å². The predicted octanol–water partition coefficient (Wildman–Crippen LogP) is 1.27. The summed E-state index contributed by atoms with van der Waals surface area (Å²) in [4.78, 5) is 20.6. The van der Waals surface area contributed by atoms with E-state index >= 15 is 0 Å². The molecule has 1 aliphatic heterocycles. The minimum absolute atomic E-state index is 0.00402. The highest BCUT2D eigenvalue weighted by Gasteiger charge is 2.21. The molecule has 0 atom stereocenters. The van der Waals surface area contributed by atoms with E-state index in [9.17, 15) is 10.1 Å². The van der Waals surface area contributed by atoms with E-state index in [-0.39, 0.29) is 5.91 Å². The highest BCUT2D eigenvalue weighted by atomic mass is 16.5. The van der Waals surface area contributed by atoms with Crippen molar-refractivity contribution in [3.63, 3.8) is 0 Å². The number of para-hydroxylation sites is 1. The fourth-order valence-electron chi connectivity index (χ4n) is 2.99. The Morgan fingerprint density at radius 1 is 1.15 bits per heavy atom. The third kappa shape index (κ3) is 5.43. The molecule has 1 amide bonds. The predicted molar refractivity (Wildman–Crippen MR) is 103 cm³/mol. The number of hydrogen-bond donors (Lipinski definition) is 1. The number of anilines is 1. The Morgan fingerprint density at radius 3 is 2.67 bits per heavy atom. The first-order valence-electron chi connectivity index (χ1n) is 9.03. The van der Waals surface area contributed by atoms with Gasteiger partial charge < -0.3 is 15.0 Å². The summed E-state index contributed by atoms with van der Waals surface area (Å²) in [7, 11) is 0. The van der Waals surface area contributed by atoms with E-state index < -0.39 is 0 Å². The summed E-state index contributed by atoms with van der Waals surface area (Å²) in [6.45, 7) is 4.30. The quantitative estimate of drug-likeness (QED) is 0.744. The van der Waals surface area contributed by atoms with Crippen LogP contribution in [0.15, 0.2) is 48.7 Å². The van der Waals surface area contributed by atoms with E-state index in [1.807, 2.05) is 30.3 Å². The van der Waals surface area contributed by atoms with Crippen LogP contribution in [0.2, 0.25) is 0 Å². The van der Waals surface area contributed by atoms with Crippen LogP contribution in [0.25, 0.3) is 0 Å². The number of pyridine rings is 1. The van der Waals surface area contributed by atoms with Crippen LogP contribution in [0.1, 0.15) is 5.56 Å². The van der Waals surface area contributed by atoms with Crippen molar-refractivity contribution in [1.82, 2.24) is 15.2 Å². The molecule has 1 N–H and O–H groups in total. The number of piperazine rings is 1. The van der Waals surface area contributed by atoms with Crippen molar-refractivity contribution in [2.24, 2.45) is 0 Å². The van der Waals surface area contributed by atoms with Crippen LogP contribution >= 0.6 is 0 Å². The van der Waals surface area contributed by atoms with E-state index in [0.717, 1.165) is 37.7 Å². The molecule has 1 aromatic carbocycles. The van der Waals surface area contributed by atoms with Crippen LogP contribution < -0.4 is 15.0 Å². The first kappa shape index (κ1) is 18.7. The van der Waals surface area contributed by atoms with Crippen LogP contribution in [0, 0.1) is 11.3 Å². The number of rotatable bonds is 7. The van der Waals surface area contributed by atoms with Gasteiger partial charge in [0.25, 0.3) is 0 Å². The Balaban J connectivity index is 1.36. The second-order valence-electron chi connectivity index (χ2n) is 6.26. The molecule has 0 spiro atoms. The van der Waals surface area contributed by atoms with Crippen molar-refractivity contribution < 1.29 is 9.53 Å². The number of benzene rings is 1. The molecule has 2 heterocycles. The maximum absolute atomic E-state index is 12.1. The average Bonchev–Trinajstić information content (AvgIpc) is 2.72. The topological polar surface area (TPSA) is 81.5 Å². The Bertz CT molecular complexity index is 782. The Kier molecular flexibility index (Phi) is 6.61. The molecule has 27 heavy (non-hydrogen) atoms. The minimum Gasteiger partial charge on any atom is -0.492 e. The zero-order valence-corrected chi connectivity index (χ0v) is 15.2.